The molecule has 1 fully saturated rings. The van der Waals surface area contributed by atoms with Gasteiger partial charge < -0.3 is 8.85 Å². The van der Waals surface area contributed by atoms with Crippen LogP contribution in [0.15, 0.2) is 0 Å². The number of piperidine rings is 1. The Labute approximate surface area is 108 Å². The van der Waals surface area contributed by atoms with Crippen molar-refractivity contribution in [3.8, 4) is 0 Å². The van der Waals surface area contributed by atoms with Gasteiger partial charge in [-0.3, -0.25) is 4.57 Å². The van der Waals surface area contributed by atoms with Crippen LogP contribution in [0.1, 0.15) is 52.4 Å². The molecule has 4 heteroatoms. The SMILES string of the molecule is CCCC[Si](OC)(OC)N1CCCCC1CC. The third kappa shape index (κ3) is 3.53. The third-order valence-corrected chi connectivity index (χ3v) is 7.75. The molecule has 0 aliphatic carbocycles. The minimum Gasteiger partial charge on any atom is -0.386 e. The topological polar surface area (TPSA) is 21.7 Å². The zero-order valence-electron chi connectivity index (χ0n) is 12.0. The summed E-state index contributed by atoms with van der Waals surface area (Å²) in [7, 11) is 1.57. The smallest absolute Gasteiger partial charge is 0.386 e. The van der Waals surface area contributed by atoms with E-state index < -0.39 is 8.72 Å². The third-order valence-electron chi connectivity index (χ3n) is 4.02. The Morgan fingerprint density at radius 3 is 2.41 bits per heavy atom. The van der Waals surface area contributed by atoms with Gasteiger partial charge in [0.25, 0.3) is 0 Å². The van der Waals surface area contributed by atoms with E-state index in [1.54, 1.807) is 0 Å². The lowest BCUT2D eigenvalue weighted by molar-refractivity contribution is 0.111. The van der Waals surface area contributed by atoms with Crippen molar-refractivity contribution in [2.24, 2.45) is 0 Å². The van der Waals surface area contributed by atoms with Gasteiger partial charge in [0.1, 0.15) is 0 Å². The van der Waals surface area contributed by atoms with E-state index in [1.165, 1.54) is 38.5 Å². The lowest BCUT2D eigenvalue weighted by atomic mass is 10.0. The lowest BCUT2D eigenvalue weighted by Gasteiger charge is -2.45. The molecule has 1 aliphatic rings. The predicted molar refractivity (Wildman–Crippen MR) is 74.1 cm³/mol. The quantitative estimate of drug-likeness (QED) is 0.655. The van der Waals surface area contributed by atoms with Crippen LogP contribution in [-0.4, -0.2) is 40.1 Å². The zero-order chi connectivity index (χ0) is 12.7. The van der Waals surface area contributed by atoms with Gasteiger partial charge in [0.05, 0.1) is 0 Å². The highest BCUT2D eigenvalue weighted by molar-refractivity contribution is 6.64. The molecule has 0 aromatic rings. The largest absolute Gasteiger partial charge is 0.427 e. The molecule has 0 amide bonds. The van der Waals surface area contributed by atoms with Crippen molar-refractivity contribution in [3.05, 3.63) is 0 Å². The zero-order valence-corrected chi connectivity index (χ0v) is 13.0. The summed E-state index contributed by atoms with van der Waals surface area (Å²) in [6.07, 6.45) is 7.61. The van der Waals surface area contributed by atoms with Crippen molar-refractivity contribution in [3.63, 3.8) is 0 Å². The molecule has 0 saturated carbocycles. The van der Waals surface area contributed by atoms with Crippen LogP contribution in [0, 0.1) is 0 Å². The van der Waals surface area contributed by atoms with Gasteiger partial charge in [0.15, 0.2) is 0 Å². The first kappa shape index (κ1) is 15.2. The van der Waals surface area contributed by atoms with Gasteiger partial charge in [0, 0.05) is 26.3 Å². The second-order valence-corrected chi connectivity index (χ2v) is 8.29. The fraction of sp³-hybridized carbons (Fsp3) is 1.00. The van der Waals surface area contributed by atoms with Crippen LogP contribution >= 0.6 is 0 Å². The lowest BCUT2D eigenvalue weighted by Crippen LogP contribution is -2.62. The van der Waals surface area contributed by atoms with Crippen molar-refractivity contribution in [1.82, 2.24) is 4.57 Å². The molecule has 3 nitrogen and oxygen atoms in total. The summed E-state index contributed by atoms with van der Waals surface area (Å²) in [6.45, 7) is 5.68. The van der Waals surface area contributed by atoms with Gasteiger partial charge in [-0.15, -0.1) is 0 Å². The fourth-order valence-electron chi connectivity index (χ4n) is 2.94. The highest BCUT2D eigenvalue weighted by Gasteiger charge is 2.46. The maximum absolute atomic E-state index is 5.90. The maximum atomic E-state index is 5.90. The van der Waals surface area contributed by atoms with Crippen molar-refractivity contribution in [2.75, 3.05) is 20.8 Å². The Bertz CT molecular complexity index is 210. The molecule has 17 heavy (non-hydrogen) atoms. The number of hydrogen-bond donors (Lipinski definition) is 0. The van der Waals surface area contributed by atoms with Crippen molar-refractivity contribution < 1.29 is 8.85 Å². The van der Waals surface area contributed by atoms with E-state index in [-0.39, 0.29) is 0 Å². The Balaban J connectivity index is 2.78. The summed E-state index contributed by atoms with van der Waals surface area (Å²) >= 11 is 0. The molecule has 1 aliphatic heterocycles. The van der Waals surface area contributed by atoms with Gasteiger partial charge in [-0.05, 0) is 25.8 Å². The monoisotopic (exact) mass is 259 g/mol. The Kier molecular flexibility index (Phi) is 6.70. The molecule has 1 heterocycles. The van der Waals surface area contributed by atoms with Crippen LogP contribution in [0.5, 0.6) is 0 Å². The van der Waals surface area contributed by atoms with Crippen molar-refractivity contribution >= 4 is 8.72 Å². The molecular weight excluding hydrogens is 230 g/mol. The molecule has 0 N–H and O–H groups in total. The minimum absolute atomic E-state index is 0.673. The summed E-state index contributed by atoms with van der Waals surface area (Å²) in [5, 5.41) is 0. The van der Waals surface area contributed by atoms with Crippen LogP contribution in [-0.2, 0) is 8.85 Å². The summed E-state index contributed by atoms with van der Waals surface area (Å²) in [6, 6.07) is 1.78. The van der Waals surface area contributed by atoms with E-state index in [4.69, 9.17) is 8.85 Å². The molecule has 0 aromatic heterocycles. The van der Waals surface area contributed by atoms with Crippen LogP contribution in [0.3, 0.4) is 0 Å². The standard InChI is InChI=1S/C13H29NO2Si/c1-5-7-12-17(15-3,16-4)14-11-9-8-10-13(14)6-2/h13H,5-12H2,1-4H3. The molecule has 1 atom stereocenters. The average Bonchev–Trinajstić information content (AvgIpc) is 2.41. The number of unbranched alkanes of at least 4 members (excludes halogenated alkanes) is 1. The van der Waals surface area contributed by atoms with Gasteiger partial charge in [-0.25, -0.2) is 0 Å². The maximum Gasteiger partial charge on any atom is 0.427 e. The van der Waals surface area contributed by atoms with Crippen molar-refractivity contribution in [1.29, 1.82) is 0 Å². The first-order valence-corrected chi connectivity index (χ1v) is 9.08. The normalized spacial score (nSPS) is 22.9. The molecule has 0 spiro atoms. The summed E-state index contributed by atoms with van der Waals surface area (Å²) < 4.78 is 14.4. The van der Waals surface area contributed by atoms with E-state index in [0.717, 1.165) is 12.6 Å². The molecule has 0 bridgehead atoms. The fourth-order valence-corrected chi connectivity index (χ4v) is 6.44. The summed E-state index contributed by atoms with van der Waals surface area (Å²) in [4.78, 5) is 0. The molecule has 102 valence electrons. The van der Waals surface area contributed by atoms with Gasteiger partial charge in [-0.2, -0.15) is 0 Å². The van der Waals surface area contributed by atoms with E-state index in [1.807, 2.05) is 14.2 Å². The van der Waals surface area contributed by atoms with E-state index in [0.29, 0.717) is 6.04 Å². The average molecular weight is 259 g/mol. The second-order valence-electron chi connectivity index (χ2n) is 4.98. The van der Waals surface area contributed by atoms with Crippen LogP contribution in [0.2, 0.25) is 6.04 Å². The number of hydrogen-bond acceptors (Lipinski definition) is 3. The van der Waals surface area contributed by atoms with E-state index in [2.05, 4.69) is 18.4 Å². The number of rotatable bonds is 7. The second kappa shape index (κ2) is 7.51. The van der Waals surface area contributed by atoms with Crippen LogP contribution in [0.4, 0.5) is 0 Å². The van der Waals surface area contributed by atoms with Gasteiger partial charge >= 0.3 is 8.72 Å². The minimum atomic E-state index is -2.11. The highest BCUT2D eigenvalue weighted by atomic mass is 28.4. The van der Waals surface area contributed by atoms with E-state index in [9.17, 15) is 0 Å². The Morgan fingerprint density at radius 2 is 1.88 bits per heavy atom. The van der Waals surface area contributed by atoms with Crippen LogP contribution in [0.25, 0.3) is 0 Å². The summed E-state index contributed by atoms with van der Waals surface area (Å²) in [5.41, 5.74) is 0. The molecule has 0 aromatic carbocycles. The van der Waals surface area contributed by atoms with Gasteiger partial charge in [0.2, 0.25) is 0 Å². The molecule has 1 rings (SSSR count). The molecule has 1 unspecified atom stereocenters. The number of nitrogens with zero attached hydrogens (tertiary/aromatic N) is 1. The van der Waals surface area contributed by atoms with Crippen LogP contribution < -0.4 is 0 Å². The Hall–Kier alpha value is 0.0969. The molecular formula is C13H29NO2Si. The first-order valence-electron chi connectivity index (χ1n) is 7.11. The van der Waals surface area contributed by atoms with E-state index >= 15 is 0 Å². The molecule has 1 saturated heterocycles. The highest BCUT2D eigenvalue weighted by Crippen LogP contribution is 2.29. The van der Waals surface area contributed by atoms with Gasteiger partial charge in [-0.1, -0.05) is 33.1 Å². The summed E-state index contributed by atoms with van der Waals surface area (Å²) in [5.74, 6) is 0. The Morgan fingerprint density at radius 1 is 1.18 bits per heavy atom. The molecule has 0 radical (unpaired) electrons. The van der Waals surface area contributed by atoms with Crippen molar-refractivity contribution in [2.45, 2.75) is 64.5 Å². The predicted octanol–water partition coefficient (Wildman–Crippen LogP) is 3.28. The first-order chi connectivity index (χ1) is 8.24.